The summed E-state index contributed by atoms with van der Waals surface area (Å²) < 4.78 is 0. The Morgan fingerprint density at radius 2 is 2.06 bits per heavy atom. The highest BCUT2D eigenvalue weighted by molar-refractivity contribution is 5.90. The number of nitrogens with one attached hydrogen (secondary N) is 1. The van der Waals surface area contributed by atoms with Gasteiger partial charge in [-0.1, -0.05) is 38.8 Å². The van der Waals surface area contributed by atoms with Gasteiger partial charge >= 0.3 is 0 Å². The van der Waals surface area contributed by atoms with E-state index in [1.54, 1.807) is 0 Å². The van der Waals surface area contributed by atoms with Crippen LogP contribution in [0.4, 0.5) is 5.69 Å². The second-order valence-corrected chi connectivity index (χ2v) is 5.68. The van der Waals surface area contributed by atoms with E-state index in [0.29, 0.717) is 18.3 Å². The average Bonchev–Trinajstić information content (AvgIpc) is 2.82. The summed E-state index contributed by atoms with van der Waals surface area (Å²) in [5, 5.41) is 3.03. The lowest BCUT2D eigenvalue weighted by Gasteiger charge is -2.11. The fraction of sp³-hybridized carbons (Fsp3) is 0.562. The Morgan fingerprint density at radius 3 is 2.72 bits per heavy atom. The predicted molar refractivity (Wildman–Crippen MR) is 75.7 cm³/mol. The molecule has 98 valence electrons. The molecule has 1 saturated carbocycles. The number of rotatable bonds is 4. The van der Waals surface area contributed by atoms with Crippen molar-refractivity contribution in [1.82, 2.24) is 0 Å². The van der Waals surface area contributed by atoms with Gasteiger partial charge in [-0.05, 0) is 42.4 Å². The lowest BCUT2D eigenvalue weighted by molar-refractivity contribution is -0.117. The maximum atomic E-state index is 11.9. The highest BCUT2D eigenvalue weighted by atomic mass is 16.1. The Morgan fingerprint density at radius 1 is 1.33 bits per heavy atom. The van der Waals surface area contributed by atoms with Gasteiger partial charge in [-0.2, -0.15) is 0 Å². The van der Waals surface area contributed by atoms with Crippen LogP contribution in [0.25, 0.3) is 0 Å². The monoisotopic (exact) mass is 245 g/mol. The van der Waals surface area contributed by atoms with Crippen LogP contribution in [-0.4, -0.2) is 5.91 Å². The van der Waals surface area contributed by atoms with Crippen molar-refractivity contribution in [2.75, 3.05) is 5.32 Å². The molecule has 1 fully saturated rings. The molecule has 0 spiro atoms. The van der Waals surface area contributed by atoms with Crippen LogP contribution in [0.5, 0.6) is 0 Å². The first-order valence-corrected chi connectivity index (χ1v) is 7.05. The molecule has 1 aromatic rings. The minimum Gasteiger partial charge on any atom is -0.326 e. The summed E-state index contributed by atoms with van der Waals surface area (Å²) in [5.41, 5.74) is 2.21. The maximum absolute atomic E-state index is 11.9. The van der Waals surface area contributed by atoms with E-state index in [2.05, 4.69) is 31.3 Å². The molecular weight excluding hydrogens is 222 g/mol. The summed E-state index contributed by atoms with van der Waals surface area (Å²) >= 11 is 0. The molecule has 2 nitrogen and oxygen atoms in total. The molecule has 1 aromatic carbocycles. The van der Waals surface area contributed by atoms with Crippen molar-refractivity contribution in [2.45, 2.75) is 51.9 Å². The van der Waals surface area contributed by atoms with E-state index in [0.717, 1.165) is 5.69 Å². The van der Waals surface area contributed by atoms with Gasteiger partial charge in [-0.3, -0.25) is 4.79 Å². The van der Waals surface area contributed by atoms with Crippen LogP contribution in [0.3, 0.4) is 0 Å². The smallest absolute Gasteiger partial charge is 0.224 e. The average molecular weight is 245 g/mol. The Labute approximate surface area is 110 Å². The molecule has 1 N–H and O–H groups in total. The van der Waals surface area contributed by atoms with Gasteiger partial charge in [0.05, 0.1) is 0 Å². The molecule has 0 unspecified atom stereocenters. The van der Waals surface area contributed by atoms with Crippen molar-refractivity contribution in [3.8, 4) is 0 Å². The molecule has 1 aliphatic rings. The van der Waals surface area contributed by atoms with Gasteiger partial charge in [0.2, 0.25) is 5.91 Å². The third-order valence-corrected chi connectivity index (χ3v) is 3.79. The van der Waals surface area contributed by atoms with E-state index in [-0.39, 0.29) is 5.91 Å². The summed E-state index contributed by atoms with van der Waals surface area (Å²) in [4.78, 5) is 11.9. The number of benzene rings is 1. The second-order valence-electron chi connectivity index (χ2n) is 5.68. The molecule has 1 amide bonds. The van der Waals surface area contributed by atoms with Gasteiger partial charge in [0.1, 0.15) is 0 Å². The molecule has 0 bridgehead atoms. The van der Waals surface area contributed by atoms with Gasteiger partial charge in [-0.25, -0.2) is 0 Å². The van der Waals surface area contributed by atoms with Crippen LogP contribution in [0.2, 0.25) is 0 Å². The van der Waals surface area contributed by atoms with E-state index < -0.39 is 0 Å². The van der Waals surface area contributed by atoms with E-state index in [1.807, 2.05) is 12.1 Å². The first-order chi connectivity index (χ1) is 8.65. The molecule has 2 rings (SSSR count). The van der Waals surface area contributed by atoms with Crippen molar-refractivity contribution in [2.24, 2.45) is 5.92 Å². The van der Waals surface area contributed by atoms with Gasteiger partial charge in [0.25, 0.3) is 0 Å². The van der Waals surface area contributed by atoms with Crippen molar-refractivity contribution in [3.05, 3.63) is 29.8 Å². The molecule has 0 aromatic heterocycles. The van der Waals surface area contributed by atoms with Gasteiger partial charge < -0.3 is 5.32 Å². The van der Waals surface area contributed by atoms with Gasteiger partial charge in [-0.15, -0.1) is 0 Å². The molecule has 0 atom stereocenters. The largest absolute Gasteiger partial charge is 0.326 e. The van der Waals surface area contributed by atoms with E-state index >= 15 is 0 Å². The van der Waals surface area contributed by atoms with Crippen molar-refractivity contribution < 1.29 is 4.79 Å². The quantitative estimate of drug-likeness (QED) is 0.840. The zero-order valence-electron chi connectivity index (χ0n) is 11.4. The van der Waals surface area contributed by atoms with Crippen LogP contribution >= 0.6 is 0 Å². The van der Waals surface area contributed by atoms with Crippen LogP contribution in [0.15, 0.2) is 24.3 Å². The lowest BCUT2D eigenvalue weighted by Crippen LogP contribution is -2.15. The molecule has 0 aliphatic heterocycles. The standard InChI is InChI=1S/C16H23NO/c1-12(2)14-8-5-9-15(11-14)17-16(18)10-13-6-3-4-7-13/h5,8-9,11-13H,3-4,6-7,10H2,1-2H3,(H,17,18). The van der Waals surface area contributed by atoms with Crippen LogP contribution in [0, 0.1) is 5.92 Å². The lowest BCUT2D eigenvalue weighted by atomic mass is 10.0. The number of carbonyl (C=O) groups is 1. The van der Waals surface area contributed by atoms with E-state index in [1.165, 1.54) is 31.2 Å². The van der Waals surface area contributed by atoms with Crippen LogP contribution in [-0.2, 0) is 4.79 Å². The van der Waals surface area contributed by atoms with Gasteiger partial charge in [0.15, 0.2) is 0 Å². The summed E-state index contributed by atoms with van der Waals surface area (Å²) in [6.07, 6.45) is 5.71. The summed E-state index contributed by atoms with van der Waals surface area (Å²) in [5.74, 6) is 1.28. The Balaban J connectivity index is 1.91. The highest BCUT2D eigenvalue weighted by Gasteiger charge is 2.18. The van der Waals surface area contributed by atoms with Crippen LogP contribution in [0.1, 0.15) is 57.4 Å². The van der Waals surface area contributed by atoms with Crippen molar-refractivity contribution in [3.63, 3.8) is 0 Å². The Bertz CT molecular complexity index is 405. The maximum Gasteiger partial charge on any atom is 0.224 e. The highest BCUT2D eigenvalue weighted by Crippen LogP contribution is 2.28. The normalized spacial score (nSPS) is 16.2. The zero-order valence-corrected chi connectivity index (χ0v) is 11.4. The topological polar surface area (TPSA) is 29.1 Å². The number of carbonyl (C=O) groups excluding carboxylic acids is 1. The number of hydrogen-bond donors (Lipinski definition) is 1. The minimum absolute atomic E-state index is 0.169. The number of anilines is 1. The molecule has 2 heteroatoms. The predicted octanol–water partition coefficient (Wildman–Crippen LogP) is 4.33. The fourth-order valence-corrected chi connectivity index (χ4v) is 2.66. The molecule has 0 heterocycles. The summed E-state index contributed by atoms with van der Waals surface area (Å²) in [6, 6.07) is 8.17. The van der Waals surface area contributed by atoms with Gasteiger partial charge in [0, 0.05) is 12.1 Å². The molecule has 0 saturated heterocycles. The Hall–Kier alpha value is -1.31. The van der Waals surface area contributed by atoms with E-state index in [9.17, 15) is 4.79 Å². The first-order valence-electron chi connectivity index (χ1n) is 7.05. The SMILES string of the molecule is CC(C)c1cccc(NC(=O)CC2CCCC2)c1. The van der Waals surface area contributed by atoms with Crippen molar-refractivity contribution >= 4 is 11.6 Å². The third-order valence-electron chi connectivity index (χ3n) is 3.79. The first kappa shape index (κ1) is 13.1. The molecule has 18 heavy (non-hydrogen) atoms. The van der Waals surface area contributed by atoms with Crippen molar-refractivity contribution in [1.29, 1.82) is 0 Å². The Kier molecular flexibility index (Phi) is 4.40. The zero-order chi connectivity index (χ0) is 13.0. The van der Waals surface area contributed by atoms with Crippen LogP contribution < -0.4 is 5.32 Å². The summed E-state index contributed by atoms with van der Waals surface area (Å²) in [7, 11) is 0. The third kappa shape index (κ3) is 3.59. The number of amides is 1. The van der Waals surface area contributed by atoms with E-state index in [4.69, 9.17) is 0 Å². The fourth-order valence-electron chi connectivity index (χ4n) is 2.66. The number of hydrogen-bond acceptors (Lipinski definition) is 1. The molecular formula is C16H23NO. The minimum atomic E-state index is 0.169. The molecule has 0 radical (unpaired) electrons. The molecule has 1 aliphatic carbocycles. The second kappa shape index (κ2) is 6.03. The summed E-state index contributed by atoms with van der Waals surface area (Å²) in [6.45, 7) is 4.33.